The smallest absolute Gasteiger partial charge is 0.290 e. The van der Waals surface area contributed by atoms with E-state index in [0.29, 0.717) is 33.4 Å². The van der Waals surface area contributed by atoms with Crippen molar-refractivity contribution in [2.24, 2.45) is 0 Å². The van der Waals surface area contributed by atoms with E-state index in [1.165, 1.54) is 17.7 Å². The van der Waals surface area contributed by atoms with Crippen LogP contribution >= 0.6 is 11.8 Å². The molecular formula is C19H15N5O4S. The number of carbonyl (C=O) groups excluding carboxylic acids is 2. The number of Topliss-reactive ketones (excluding diaryl/α,β-unsaturated/α-hetero) is 1. The molecule has 29 heavy (non-hydrogen) atoms. The average molecular weight is 409 g/mol. The van der Waals surface area contributed by atoms with Crippen LogP contribution in [0.3, 0.4) is 0 Å². The number of aromatic nitrogens is 4. The van der Waals surface area contributed by atoms with E-state index in [1.807, 2.05) is 0 Å². The second-order valence-corrected chi connectivity index (χ2v) is 7.05. The molecule has 0 radical (unpaired) electrons. The number of carbonyl (C=O) groups is 2. The number of nitrogens with one attached hydrogen (secondary N) is 2. The van der Waals surface area contributed by atoms with E-state index in [0.717, 1.165) is 11.8 Å². The standard InChI is InChI=1S/C19H15N5O4S/c1-11(25)12-4-6-13(7-5-12)20-17(26)10-29-19-22-21-18(27)15-9-14(23-24(15)19)16-3-2-8-28-16/h2-9H,10H2,1H3,(H,20,26)(H,21,27). The predicted octanol–water partition coefficient (Wildman–Crippen LogP) is 2.61. The van der Waals surface area contributed by atoms with Gasteiger partial charge >= 0.3 is 0 Å². The molecule has 2 N–H and O–H groups in total. The number of ketones is 1. The molecular weight excluding hydrogens is 394 g/mol. The zero-order valence-electron chi connectivity index (χ0n) is 15.2. The Morgan fingerprint density at radius 3 is 2.72 bits per heavy atom. The van der Waals surface area contributed by atoms with Gasteiger partial charge in [-0.1, -0.05) is 11.8 Å². The van der Waals surface area contributed by atoms with Gasteiger partial charge in [-0.25, -0.2) is 9.61 Å². The largest absolute Gasteiger partial charge is 0.463 e. The van der Waals surface area contributed by atoms with Gasteiger partial charge in [0.15, 0.2) is 11.5 Å². The predicted molar refractivity (Wildman–Crippen MR) is 107 cm³/mol. The number of hydrogen-bond acceptors (Lipinski definition) is 7. The van der Waals surface area contributed by atoms with Crippen molar-refractivity contribution in [3.8, 4) is 11.5 Å². The first-order valence-corrected chi connectivity index (χ1v) is 9.56. The number of hydrogen-bond donors (Lipinski definition) is 2. The fourth-order valence-electron chi connectivity index (χ4n) is 2.65. The second kappa shape index (κ2) is 7.76. The summed E-state index contributed by atoms with van der Waals surface area (Å²) in [5, 5.41) is 13.9. The van der Waals surface area contributed by atoms with Crippen LogP contribution in [0, 0.1) is 0 Å². The number of rotatable bonds is 6. The molecule has 0 fully saturated rings. The number of furan rings is 1. The normalized spacial score (nSPS) is 10.9. The molecule has 0 unspecified atom stereocenters. The van der Waals surface area contributed by atoms with Crippen LogP contribution in [0.25, 0.3) is 17.0 Å². The number of thioether (sulfide) groups is 1. The first kappa shape index (κ1) is 18.7. The minimum absolute atomic E-state index is 0.0419. The Morgan fingerprint density at radius 2 is 2.03 bits per heavy atom. The second-order valence-electron chi connectivity index (χ2n) is 6.11. The van der Waals surface area contributed by atoms with Crippen molar-refractivity contribution in [2.45, 2.75) is 12.1 Å². The molecule has 146 valence electrons. The molecule has 1 aromatic carbocycles. The number of benzene rings is 1. The van der Waals surface area contributed by atoms with E-state index in [9.17, 15) is 14.4 Å². The van der Waals surface area contributed by atoms with Crippen LogP contribution in [0.1, 0.15) is 17.3 Å². The number of nitrogens with zero attached hydrogens (tertiary/aromatic N) is 3. The number of aromatic amines is 1. The number of H-pyrrole nitrogens is 1. The molecule has 0 aliphatic heterocycles. The Balaban J connectivity index is 1.49. The Morgan fingerprint density at radius 1 is 1.24 bits per heavy atom. The summed E-state index contributed by atoms with van der Waals surface area (Å²) in [5.74, 6) is 0.277. The maximum atomic E-state index is 12.3. The van der Waals surface area contributed by atoms with Gasteiger partial charge in [-0.2, -0.15) is 5.10 Å². The van der Waals surface area contributed by atoms with Crippen molar-refractivity contribution in [3.63, 3.8) is 0 Å². The Bertz CT molecular complexity index is 1240. The van der Waals surface area contributed by atoms with Crippen LogP contribution in [0.5, 0.6) is 0 Å². The molecule has 9 nitrogen and oxygen atoms in total. The third-order valence-electron chi connectivity index (χ3n) is 4.06. The van der Waals surface area contributed by atoms with Gasteiger partial charge in [0, 0.05) is 17.3 Å². The lowest BCUT2D eigenvalue weighted by molar-refractivity contribution is -0.113. The van der Waals surface area contributed by atoms with Gasteiger partial charge < -0.3 is 9.73 Å². The molecule has 1 amide bonds. The van der Waals surface area contributed by atoms with Crippen molar-refractivity contribution < 1.29 is 14.0 Å². The van der Waals surface area contributed by atoms with Gasteiger partial charge in [0.05, 0.1) is 12.0 Å². The van der Waals surface area contributed by atoms with Gasteiger partial charge in [0.2, 0.25) is 11.1 Å². The molecule has 0 spiro atoms. The molecule has 3 aromatic heterocycles. The van der Waals surface area contributed by atoms with Crippen molar-refractivity contribution in [3.05, 3.63) is 64.6 Å². The first-order valence-electron chi connectivity index (χ1n) is 8.57. The van der Waals surface area contributed by atoms with E-state index < -0.39 is 5.56 Å². The summed E-state index contributed by atoms with van der Waals surface area (Å²) in [7, 11) is 0. The highest BCUT2D eigenvalue weighted by Crippen LogP contribution is 2.22. The zero-order valence-corrected chi connectivity index (χ0v) is 16.0. The molecule has 0 bridgehead atoms. The van der Waals surface area contributed by atoms with Gasteiger partial charge in [-0.15, -0.1) is 5.10 Å². The summed E-state index contributed by atoms with van der Waals surface area (Å²) >= 11 is 1.13. The van der Waals surface area contributed by atoms with Crippen molar-refractivity contribution in [1.82, 2.24) is 19.8 Å². The summed E-state index contributed by atoms with van der Waals surface area (Å²) in [4.78, 5) is 35.6. The SMILES string of the molecule is CC(=O)c1ccc(NC(=O)CSc2n[nH]c(=O)c3cc(-c4ccco4)nn23)cc1. The topological polar surface area (TPSA) is 122 Å². The summed E-state index contributed by atoms with van der Waals surface area (Å²) in [6.45, 7) is 1.48. The molecule has 4 aromatic rings. The minimum Gasteiger partial charge on any atom is -0.463 e. The van der Waals surface area contributed by atoms with Crippen molar-refractivity contribution in [2.75, 3.05) is 11.1 Å². The highest BCUT2D eigenvalue weighted by Gasteiger charge is 2.15. The summed E-state index contributed by atoms with van der Waals surface area (Å²) in [6.07, 6.45) is 1.52. The Hall–Kier alpha value is -3.66. The third kappa shape index (κ3) is 3.97. The summed E-state index contributed by atoms with van der Waals surface area (Å²) < 4.78 is 6.70. The lowest BCUT2D eigenvalue weighted by Crippen LogP contribution is -2.17. The van der Waals surface area contributed by atoms with Crippen LogP contribution in [0.15, 0.2) is 63.1 Å². The molecule has 4 rings (SSSR count). The van der Waals surface area contributed by atoms with Gasteiger partial charge in [0.1, 0.15) is 11.2 Å². The van der Waals surface area contributed by atoms with E-state index in [-0.39, 0.29) is 17.4 Å². The zero-order chi connectivity index (χ0) is 20.4. The molecule has 3 heterocycles. The average Bonchev–Trinajstić information content (AvgIpc) is 3.38. The van der Waals surface area contributed by atoms with Crippen LogP contribution < -0.4 is 10.9 Å². The van der Waals surface area contributed by atoms with Gasteiger partial charge in [0.25, 0.3) is 5.56 Å². The van der Waals surface area contributed by atoms with Crippen molar-refractivity contribution in [1.29, 1.82) is 0 Å². The lowest BCUT2D eigenvalue weighted by Gasteiger charge is -2.06. The van der Waals surface area contributed by atoms with Crippen LogP contribution in [0.4, 0.5) is 5.69 Å². The Labute approximate surface area is 168 Å². The van der Waals surface area contributed by atoms with Gasteiger partial charge in [-0.05, 0) is 43.3 Å². The Kier molecular flexibility index (Phi) is 5.00. The third-order valence-corrected chi connectivity index (χ3v) is 4.99. The molecule has 0 aliphatic rings. The van der Waals surface area contributed by atoms with Crippen LogP contribution in [-0.2, 0) is 4.79 Å². The molecule has 0 saturated heterocycles. The summed E-state index contributed by atoms with van der Waals surface area (Å²) in [5.41, 5.74) is 1.55. The molecule has 0 aliphatic carbocycles. The van der Waals surface area contributed by atoms with E-state index in [2.05, 4.69) is 20.6 Å². The maximum Gasteiger partial charge on any atom is 0.290 e. The number of fused-ring (bicyclic) bond motifs is 1. The molecule has 0 atom stereocenters. The molecule has 0 saturated carbocycles. The summed E-state index contributed by atoms with van der Waals surface area (Å²) in [6, 6.07) is 11.7. The number of anilines is 1. The highest BCUT2D eigenvalue weighted by atomic mass is 32.2. The van der Waals surface area contributed by atoms with Crippen molar-refractivity contribution >= 4 is 34.7 Å². The quantitative estimate of drug-likeness (QED) is 0.371. The maximum absolute atomic E-state index is 12.3. The monoisotopic (exact) mass is 409 g/mol. The lowest BCUT2D eigenvalue weighted by atomic mass is 10.1. The minimum atomic E-state index is -0.394. The highest BCUT2D eigenvalue weighted by molar-refractivity contribution is 7.99. The van der Waals surface area contributed by atoms with Gasteiger partial charge in [-0.3, -0.25) is 14.4 Å². The molecule has 10 heteroatoms. The fourth-order valence-corrected chi connectivity index (χ4v) is 3.35. The first-order chi connectivity index (χ1) is 14.0. The van der Waals surface area contributed by atoms with Crippen LogP contribution in [0.2, 0.25) is 0 Å². The van der Waals surface area contributed by atoms with E-state index in [1.54, 1.807) is 42.5 Å². The van der Waals surface area contributed by atoms with Crippen LogP contribution in [-0.4, -0.2) is 37.3 Å². The number of amides is 1. The van der Waals surface area contributed by atoms with E-state index in [4.69, 9.17) is 4.42 Å². The van der Waals surface area contributed by atoms with E-state index >= 15 is 0 Å². The fraction of sp³-hybridized carbons (Fsp3) is 0.105.